The van der Waals surface area contributed by atoms with Crippen LogP contribution < -0.4 is 0 Å². The van der Waals surface area contributed by atoms with Gasteiger partial charge in [-0.15, -0.1) is 0 Å². The Hall–Kier alpha value is -1.77. The molecule has 0 aliphatic carbocycles. The van der Waals surface area contributed by atoms with Crippen LogP contribution in [0.3, 0.4) is 0 Å². The van der Waals surface area contributed by atoms with E-state index in [1.807, 2.05) is 0 Å². The number of hydrogen-bond donors (Lipinski definition) is 1. The van der Waals surface area contributed by atoms with Gasteiger partial charge in [-0.05, 0) is 6.07 Å². The summed E-state index contributed by atoms with van der Waals surface area (Å²) in [6.07, 6.45) is -4.00. The molecular formula is C7H3F3N2O. The van der Waals surface area contributed by atoms with Gasteiger partial charge in [0.2, 0.25) is 0 Å². The number of nitrogens with zero attached hydrogens (tertiary/aromatic N) is 2. The Morgan fingerprint density at radius 2 is 2.08 bits per heavy atom. The molecule has 13 heavy (non-hydrogen) atoms. The fraction of sp³-hybridized carbons (Fsp3) is 0.143. The van der Waals surface area contributed by atoms with E-state index in [1.54, 1.807) is 0 Å². The van der Waals surface area contributed by atoms with Gasteiger partial charge < -0.3 is 5.11 Å². The predicted molar refractivity (Wildman–Crippen MR) is 35.6 cm³/mol. The molecule has 0 aliphatic rings. The summed E-state index contributed by atoms with van der Waals surface area (Å²) in [5.41, 5.74) is -1.64. The van der Waals surface area contributed by atoms with Crippen LogP contribution >= 0.6 is 0 Å². The molecule has 1 aromatic heterocycles. The molecule has 1 N–H and O–H groups in total. The van der Waals surface area contributed by atoms with Crippen LogP contribution in [0.4, 0.5) is 13.2 Å². The molecular weight excluding hydrogens is 185 g/mol. The second-order valence-corrected chi connectivity index (χ2v) is 2.20. The lowest BCUT2D eigenvalue weighted by Crippen LogP contribution is -2.07. The van der Waals surface area contributed by atoms with Gasteiger partial charge in [0, 0.05) is 0 Å². The number of hydrogen-bond acceptors (Lipinski definition) is 3. The Morgan fingerprint density at radius 1 is 1.46 bits per heavy atom. The fourth-order valence-electron chi connectivity index (χ4n) is 0.693. The number of halogens is 3. The molecule has 0 bridgehead atoms. The number of pyridine rings is 1. The first-order valence-electron chi connectivity index (χ1n) is 3.11. The van der Waals surface area contributed by atoms with Crippen LogP contribution in [0.1, 0.15) is 11.3 Å². The number of rotatable bonds is 0. The molecule has 0 unspecified atom stereocenters. The lowest BCUT2D eigenvalue weighted by Gasteiger charge is -2.05. The van der Waals surface area contributed by atoms with E-state index in [1.165, 1.54) is 6.07 Å². The number of aromatic hydroxyl groups is 1. The van der Waals surface area contributed by atoms with Crippen LogP contribution in [0.2, 0.25) is 0 Å². The lowest BCUT2D eigenvalue weighted by molar-refractivity contribution is -0.141. The van der Waals surface area contributed by atoms with Crippen molar-refractivity contribution >= 4 is 0 Å². The van der Waals surface area contributed by atoms with E-state index in [0.717, 1.165) is 0 Å². The Bertz CT molecular complexity index is 367. The van der Waals surface area contributed by atoms with Crippen molar-refractivity contribution in [2.45, 2.75) is 6.18 Å². The van der Waals surface area contributed by atoms with Crippen LogP contribution in [0.25, 0.3) is 0 Å². The topological polar surface area (TPSA) is 56.9 Å². The number of nitriles is 1. The molecule has 1 aromatic rings. The van der Waals surface area contributed by atoms with Gasteiger partial charge in [0.1, 0.15) is 11.8 Å². The van der Waals surface area contributed by atoms with Gasteiger partial charge in [-0.3, -0.25) is 0 Å². The van der Waals surface area contributed by atoms with Crippen LogP contribution in [-0.2, 0) is 6.18 Å². The molecule has 6 heteroatoms. The van der Waals surface area contributed by atoms with E-state index >= 15 is 0 Å². The van der Waals surface area contributed by atoms with Crippen molar-refractivity contribution in [2.75, 3.05) is 0 Å². The average Bonchev–Trinajstić information content (AvgIpc) is 2.03. The summed E-state index contributed by atoms with van der Waals surface area (Å²) in [5, 5.41) is 17.2. The second kappa shape index (κ2) is 2.94. The van der Waals surface area contributed by atoms with Gasteiger partial charge in [0.15, 0.2) is 5.75 Å². The third kappa shape index (κ3) is 1.87. The number of aromatic nitrogens is 1. The summed E-state index contributed by atoms with van der Waals surface area (Å²) in [6, 6.07) is 1.91. The largest absolute Gasteiger partial charge is 0.505 e. The maximum Gasteiger partial charge on any atom is 0.433 e. The highest BCUT2D eigenvalue weighted by Crippen LogP contribution is 2.29. The van der Waals surface area contributed by atoms with Gasteiger partial charge in [-0.1, -0.05) is 0 Å². The van der Waals surface area contributed by atoms with Crippen LogP contribution in [-0.4, -0.2) is 10.1 Å². The van der Waals surface area contributed by atoms with Crippen molar-refractivity contribution < 1.29 is 18.3 Å². The standard InChI is InChI=1S/C7H3F3N2O/c8-7(9,10)6-1-4(2-11)5(13)3-12-6/h1,3,13H. The highest BCUT2D eigenvalue weighted by atomic mass is 19.4. The first kappa shape index (κ1) is 9.32. The van der Waals surface area contributed by atoms with E-state index in [4.69, 9.17) is 10.4 Å². The minimum Gasteiger partial charge on any atom is -0.505 e. The van der Waals surface area contributed by atoms with E-state index in [0.29, 0.717) is 12.3 Å². The third-order valence-corrected chi connectivity index (χ3v) is 1.29. The monoisotopic (exact) mass is 188 g/mol. The van der Waals surface area contributed by atoms with Crippen LogP contribution in [0.5, 0.6) is 5.75 Å². The third-order valence-electron chi connectivity index (χ3n) is 1.29. The Morgan fingerprint density at radius 3 is 2.54 bits per heavy atom. The zero-order chi connectivity index (χ0) is 10.1. The molecule has 1 heterocycles. The first-order valence-corrected chi connectivity index (χ1v) is 3.11. The van der Waals surface area contributed by atoms with Gasteiger partial charge in [0.05, 0.1) is 11.8 Å². The molecule has 0 atom stereocenters. The molecule has 68 valence electrons. The summed E-state index contributed by atoms with van der Waals surface area (Å²) in [4.78, 5) is 2.93. The lowest BCUT2D eigenvalue weighted by atomic mass is 10.2. The van der Waals surface area contributed by atoms with E-state index in [-0.39, 0.29) is 0 Å². The van der Waals surface area contributed by atoms with Crippen molar-refractivity contribution in [3.05, 3.63) is 23.5 Å². The normalized spacial score (nSPS) is 10.9. The highest BCUT2D eigenvalue weighted by Gasteiger charge is 2.33. The Balaban J connectivity index is 3.24. The van der Waals surface area contributed by atoms with E-state index in [9.17, 15) is 13.2 Å². The zero-order valence-electron chi connectivity index (χ0n) is 6.13. The van der Waals surface area contributed by atoms with Crippen molar-refractivity contribution in [1.82, 2.24) is 4.98 Å². The molecule has 0 fully saturated rings. The Kier molecular flexibility index (Phi) is 2.10. The first-order chi connectivity index (χ1) is 5.95. The van der Waals surface area contributed by atoms with Crippen LogP contribution in [0.15, 0.2) is 12.3 Å². The molecule has 0 radical (unpaired) electrons. The molecule has 0 aliphatic heterocycles. The van der Waals surface area contributed by atoms with Crippen molar-refractivity contribution in [3.8, 4) is 11.8 Å². The minimum absolute atomic E-state index is 0.442. The maximum atomic E-state index is 12.0. The molecule has 0 amide bonds. The van der Waals surface area contributed by atoms with Crippen molar-refractivity contribution in [2.24, 2.45) is 0 Å². The van der Waals surface area contributed by atoms with E-state index < -0.39 is 23.2 Å². The number of alkyl halides is 3. The minimum atomic E-state index is -4.60. The van der Waals surface area contributed by atoms with Crippen molar-refractivity contribution in [3.63, 3.8) is 0 Å². The molecule has 3 nitrogen and oxygen atoms in total. The molecule has 0 saturated heterocycles. The quantitative estimate of drug-likeness (QED) is 0.673. The predicted octanol–water partition coefficient (Wildman–Crippen LogP) is 1.68. The fourth-order valence-corrected chi connectivity index (χ4v) is 0.693. The zero-order valence-corrected chi connectivity index (χ0v) is 6.13. The van der Waals surface area contributed by atoms with Crippen LogP contribution in [0, 0.1) is 11.3 Å². The SMILES string of the molecule is N#Cc1cc(C(F)(F)F)ncc1O. The van der Waals surface area contributed by atoms with Gasteiger partial charge in [-0.2, -0.15) is 18.4 Å². The van der Waals surface area contributed by atoms with Gasteiger partial charge in [-0.25, -0.2) is 4.98 Å². The summed E-state index contributed by atoms with van der Waals surface area (Å²) in [6.45, 7) is 0. The molecule has 1 rings (SSSR count). The highest BCUT2D eigenvalue weighted by molar-refractivity contribution is 5.41. The van der Waals surface area contributed by atoms with Gasteiger partial charge >= 0.3 is 6.18 Å². The van der Waals surface area contributed by atoms with Gasteiger partial charge in [0.25, 0.3) is 0 Å². The Labute approximate surface area is 71.1 Å². The smallest absolute Gasteiger partial charge is 0.433 e. The summed E-state index contributed by atoms with van der Waals surface area (Å²) in [5.74, 6) is -0.560. The molecule has 0 saturated carbocycles. The van der Waals surface area contributed by atoms with Crippen molar-refractivity contribution in [1.29, 1.82) is 5.26 Å². The summed E-state index contributed by atoms with van der Waals surface area (Å²) in [7, 11) is 0. The summed E-state index contributed by atoms with van der Waals surface area (Å²) >= 11 is 0. The maximum absolute atomic E-state index is 12.0. The molecule has 0 aromatic carbocycles. The average molecular weight is 188 g/mol. The summed E-state index contributed by atoms with van der Waals surface area (Å²) < 4.78 is 35.9. The second-order valence-electron chi connectivity index (χ2n) is 2.20. The molecule has 0 spiro atoms. The van der Waals surface area contributed by atoms with E-state index in [2.05, 4.69) is 4.98 Å².